The van der Waals surface area contributed by atoms with Crippen molar-refractivity contribution in [1.82, 2.24) is 20.4 Å². The second-order valence-electron chi connectivity index (χ2n) is 7.06. The van der Waals surface area contributed by atoms with Crippen LogP contribution in [0.5, 0.6) is 0 Å². The molecule has 0 atom stereocenters. The first-order valence-electron chi connectivity index (χ1n) is 8.32. The Labute approximate surface area is 150 Å². The minimum absolute atomic E-state index is 0.110. The molecule has 0 aliphatic carbocycles. The summed E-state index contributed by atoms with van der Waals surface area (Å²) in [6, 6.07) is 15.7. The Balaban J connectivity index is 1.58. The van der Waals surface area contributed by atoms with Crippen LogP contribution >= 0.6 is 0 Å². The molecule has 2 aromatic carbocycles. The molecule has 0 saturated carbocycles. The maximum atomic E-state index is 5.84. The van der Waals surface area contributed by atoms with Crippen LogP contribution in [0.15, 0.2) is 63.8 Å². The summed E-state index contributed by atoms with van der Waals surface area (Å²) in [6.07, 6.45) is 1.30. The van der Waals surface area contributed by atoms with E-state index < -0.39 is 0 Å². The number of hydrogen-bond donors (Lipinski definition) is 0. The first-order chi connectivity index (χ1) is 12.5. The van der Waals surface area contributed by atoms with Crippen LogP contribution in [0.1, 0.15) is 26.3 Å². The van der Waals surface area contributed by atoms with Crippen molar-refractivity contribution in [3.05, 3.63) is 60.5 Å². The molecule has 0 unspecified atom stereocenters. The maximum Gasteiger partial charge on any atom is 0.248 e. The molecule has 26 heavy (non-hydrogen) atoms. The summed E-state index contributed by atoms with van der Waals surface area (Å²) in [5, 5.41) is 15.9. The van der Waals surface area contributed by atoms with E-state index >= 15 is 0 Å². The van der Waals surface area contributed by atoms with E-state index in [1.165, 1.54) is 12.0 Å². The van der Waals surface area contributed by atoms with Crippen LogP contribution in [-0.2, 0) is 5.41 Å². The minimum atomic E-state index is 0.110. The lowest BCUT2D eigenvalue weighted by atomic mass is 9.87. The highest BCUT2D eigenvalue weighted by molar-refractivity contribution is 5.62. The number of nitrogens with zero attached hydrogens (tertiary/aromatic N) is 4. The van der Waals surface area contributed by atoms with Gasteiger partial charge in [0.05, 0.1) is 0 Å². The van der Waals surface area contributed by atoms with Gasteiger partial charge < -0.3 is 8.83 Å². The molecule has 130 valence electrons. The van der Waals surface area contributed by atoms with Gasteiger partial charge in [-0.15, -0.1) is 20.4 Å². The van der Waals surface area contributed by atoms with Gasteiger partial charge >= 0.3 is 0 Å². The molecule has 0 aliphatic rings. The Morgan fingerprint density at radius 1 is 0.654 bits per heavy atom. The molecule has 2 heterocycles. The zero-order valence-electron chi connectivity index (χ0n) is 14.8. The lowest BCUT2D eigenvalue weighted by Crippen LogP contribution is -2.10. The summed E-state index contributed by atoms with van der Waals surface area (Å²) in [6.45, 7) is 6.56. The monoisotopic (exact) mass is 346 g/mol. The average molecular weight is 346 g/mol. The molecule has 0 bridgehead atoms. The van der Waals surface area contributed by atoms with Gasteiger partial charge in [0.1, 0.15) is 0 Å². The number of rotatable bonds is 3. The van der Waals surface area contributed by atoms with Gasteiger partial charge in [-0.1, -0.05) is 32.9 Å². The molecule has 6 heteroatoms. The smallest absolute Gasteiger partial charge is 0.248 e. The number of aromatic nitrogens is 4. The van der Waals surface area contributed by atoms with Crippen molar-refractivity contribution in [3.8, 4) is 34.4 Å². The van der Waals surface area contributed by atoms with Crippen molar-refractivity contribution in [1.29, 1.82) is 0 Å². The van der Waals surface area contributed by atoms with Crippen molar-refractivity contribution < 1.29 is 8.83 Å². The summed E-state index contributed by atoms with van der Waals surface area (Å²) in [4.78, 5) is 0. The molecule has 6 nitrogen and oxygen atoms in total. The summed E-state index contributed by atoms with van der Waals surface area (Å²) in [5.74, 6) is 1.44. The SMILES string of the molecule is CC(C)(C)c1ccc(-c2nnc(-c3ccc(-c4nnco4)cc3)o2)cc1. The van der Waals surface area contributed by atoms with Gasteiger partial charge in [0.2, 0.25) is 24.1 Å². The third-order valence-corrected chi connectivity index (χ3v) is 4.16. The molecule has 0 radical (unpaired) electrons. The molecule has 0 N–H and O–H groups in total. The van der Waals surface area contributed by atoms with Gasteiger partial charge in [0, 0.05) is 16.7 Å². The molecule has 0 spiro atoms. The quantitative estimate of drug-likeness (QED) is 0.532. The Morgan fingerprint density at radius 2 is 1.15 bits per heavy atom. The molecule has 2 aromatic heterocycles. The van der Waals surface area contributed by atoms with Crippen molar-refractivity contribution in [2.45, 2.75) is 26.2 Å². The van der Waals surface area contributed by atoms with Gasteiger partial charge in [-0.05, 0) is 47.4 Å². The summed E-state index contributed by atoms with van der Waals surface area (Å²) < 4.78 is 11.0. The highest BCUT2D eigenvalue weighted by Gasteiger charge is 2.15. The second kappa shape index (κ2) is 6.22. The van der Waals surface area contributed by atoms with Crippen LogP contribution in [0.2, 0.25) is 0 Å². The summed E-state index contributed by atoms with van der Waals surface area (Å²) in [7, 11) is 0. The van der Waals surface area contributed by atoms with Crippen LogP contribution in [0.25, 0.3) is 34.4 Å². The molecule has 0 fully saturated rings. The van der Waals surface area contributed by atoms with Gasteiger partial charge in [0.15, 0.2) is 0 Å². The van der Waals surface area contributed by atoms with E-state index in [0.29, 0.717) is 17.7 Å². The maximum absolute atomic E-state index is 5.84. The highest BCUT2D eigenvalue weighted by atomic mass is 16.4. The third kappa shape index (κ3) is 3.13. The van der Waals surface area contributed by atoms with E-state index in [9.17, 15) is 0 Å². The van der Waals surface area contributed by atoms with Crippen LogP contribution in [0.3, 0.4) is 0 Å². The van der Waals surface area contributed by atoms with Gasteiger partial charge in [-0.3, -0.25) is 0 Å². The average Bonchev–Trinajstić information content (AvgIpc) is 3.33. The zero-order chi connectivity index (χ0) is 18.1. The van der Waals surface area contributed by atoms with Gasteiger partial charge in [0.25, 0.3) is 0 Å². The molecule has 0 saturated heterocycles. The molecular formula is C20H18N4O2. The predicted molar refractivity (Wildman–Crippen MR) is 97.2 cm³/mol. The van der Waals surface area contributed by atoms with Gasteiger partial charge in [-0.25, -0.2) is 0 Å². The fourth-order valence-electron chi connectivity index (χ4n) is 2.62. The topological polar surface area (TPSA) is 77.8 Å². The summed E-state index contributed by atoms with van der Waals surface area (Å²) in [5.41, 5.74) is 3.94. The second-order valence-corrected chi connectivity index (χ2v) is 7.06. The lowest BCUT2D eigenvalue weighted by Gasteiger charge is -2.18. The van der Waals surface area contributed by atoms with E-state index in [2.05, 4.69) is 53.3 Å². The summed E-state index contributed by atoms with van der Waals surface area (Å²) >= 11 is 0. The van der Waals surface area contributed by atoms with Gasteiger partial charge in [-0.2, -0.15) is 0 Å². The fourth-order valence-corrected chi connectivity index (χ4v) is 2.62. The molecule has 0 amide bonds. The number of hydrogen-bond acceptors (Lipinski definition) is 6. The van der Waals surface area contributed by atoms with Crippen LogP contribution < -0.4 is 0 Å². The van der Waals surface area contributed by atoms with E-state index in [4.69, 9.17) is 8.83 Å². The highest BCUT2D eigenvalue weighted by Crippen LogP contribution is 2.28. The standard InChI is InChI=1S/C20H18N4O2/c1-20(2,3)16-10-8-15(9-11-16)19-24-23-18(26-19)14-6-4-13(5-7-14)17-22-21-12-25-17/h4-12H,1-3H3. The zero-order valence-corrected chi connectivity index (χ0v) is 14.8. The third-order valence-electron chi connectivity index (χ3n) is 4.16. The number of benzene rings is 2. The first-order valence-corrected chi connectivity index (χ1v) is 8.32. The largest absolute Gasteiger partial charge is 0.423 e. The Hall–Kier alpha value is -3.28. The van der Waals surface area contributed by atoms with Crippen molar-refractivity contribution in [3.63, 3.8) is 0 Å². The molecule has 4 rings (SSSR count). The van der Waals surface area contributed by atoms with Crippen molar-refractivity contribution in [2.24, 2.45) is 0 Å². The Bertz CT molecular complexity index is 995. The molecule has 4 aromatic rings. The fraction of sp³-hybridized carbons (Fsp3) is 0.200. The Kier molecular flexibility index (Phi) is 3.88. The lowest BCUT2D eigenvalue weighted by molar-refractivity contribution is 0.568. The van der Waals surface area contributed by atoms with Crippen molar-refractivity contribution >= 4 is 0 Å². The minimum Gasteiger partial charge on any atom is -0.423 e. The van der Waals surface area contributed by atoms with E-state index in [0.717, 1.165) is 16.7 Å². The molecular weight excluding hydrogens is 328 g/mol. The van der Waals surface area contributed by atoms with Crippen LogP contribution in [0, 0.1) is 0 Å². The van der Waals surface area contributed by atoms with Crippen LogP contribution in [-0.4, -0.2) is 20.4 Å². The van der Waals surface area contributed by atoms with E-state index in [1.54, 1.807) is 0 Å². The van der Waals surface area contributed by atoms with E-state index in [1.807, 2.05) is 36.4 Å². The van der Waals surface area contributed by atoms with E-state index in [-0.39, 0.29) is 5.41 Å². The molecule has 0 aliphatic heterocycles. The van der Waals surface area contributed by atoms with Crippen molar-refractivity contribution in [2.75, 3.05) is 0 Å². The normalized spacial score (nSPS) is 11.7. The van der Waals surface area contributed by atoms with Crippen LogP contribution in [0.4, 0.5) is 0 Å². The first kappa shape index (κ1) is 16.2. The Morgan fingerprint density at radius 3 is 1.62 bits per heavy atom. The predicted octanol–water partition coefficient (Wildman–Crippen LogP) is 4.75.